The van der Waals surface area contributed by atoms with Gasteiger partial charge in [-0.2, -0.15) is 0 Å². The van der Waals surface area contributed by atoms with Gasteiger partial charge in [-0.1, -0.05) is 24.3 Å². The van der Waals surface area contributed by atoms with Crippen molar-refractivity contribution in [3.63, 3.8) is 0 Å². The molecule has 1 aromatic carbocycles. The van der Waals surface area contributed by atoms with Crippen molar-refractivity contribution < 1.29 is 9.53 Å². The minimum absolute atomic E-state index is 0.0984. The molecule has 2 fully saturated rings. The third-order valence-electron chi connectivity index (χ3n) is 4.98. The molecule has 5 nitrogen and oxygen atoms in total. The Bertz CT molecular complexity index is 739. The molecule has 0 radical (unpaired) electrons. The monoisotopic (exact) mass is 345 g/mol. The first-order chi connectivity index (χ1) is 11.7. The number of carbonyl (C=O) groups excluding carboxylic acids is 1. The summed E-state index contributed by atoms with van der Waals surface area (Å²) in [4.78, 5) is 21.7. The summed E-state index contributed by atoms with van der Waals surface area (Å²) in [6.07, 6.45) is 1.97. The van der Waals surface area contributed by atoms with Crippen LogP contribution in [-0.4, -0.2) is 55.2 Å². The van der Waals surface area contributed by atoms with Gasteiger partial charge in [0, 0.05) is 26.2 Å². The Balaban J connectivity index is 1.47. The molecule has 24 heavy (non-hydrogen) atoms. The highest BCUT2D eigenvalue weighted by Gasteiger charge is 2.33. The Morgan fingerprint density at radius 1 is 1.33 bits per heavy atom. The predicted molar refractivity (Wildman–Crippen MR) is 96.7 cm³/mol. The number of carbonyl (C=O) groups is 1. The molecule has 2 aliphatic heterocycles. The number of aryl methyl sites for hydroxylation is 1. The number of hydrogen-bond donors (Lipinski definition) is 0. The molecule has 1 unspecified atom stereocenters. The van der Waals surface area contributed by atoms with Gasteiger partial charge < -0.3 is 14.5 Å². The number of rotatable bonds is 3. The molecule has 0 aliphatic carbocycles. The van der Waals surface area contributed by atoms with Crippen LogP contribution < -0.4 is 4.90 Å². The Hall–Kier alpha value is -1.66. The number of thiazole rings is 1. The van der Waals surface area contributed by atoms with E-state index in [1.165, 1.54) is 10.3 Å². The normalized spacial score (nSPS) is 21.6. The van der Waals surface area contributed by atoms with Crippen LogP contribution in [0.3, 0.4) is 0 Å². The zero-order chi connectivity index (χ0) is 16.5. The van der Waals surface area contributed by atoms with E-state index in [9.17, 15) is 4.79 Å². The highest BCUT2D eigenvalue weighted by atomic mass is 32.1. The maximum Gasteiger partial charge on any atom is 0.227 e. The van der Waals surface area contributed by atoms with Crippen molar-refractivity contribution in [1.29, 1.82) is 0 Å². The molecule has 2 aromatic rings. The average molecular weight is 345 g/mol. The van der Waals surface area contributed by atoms with E-state index < -0.39 is 0 Å². The summed E-state index contributed by atoms with van der Waals surface area (Å²) in [5, 5.41) is 1.05. The van der Waals surface area contributed by atoms with Crippen LogP contribution in [0.4, 0.5) is 5.13 Å². The minimum atomic E-state index is 0.0984. The maximum absolute atomic E-state index is 12.7. The lowest BCUT2D eigenvalue weighted by molar-refractivity contribution is -0.138. The van der Waals surface area contributed by atoms with Gasteiger partial charge in [-0.25, -0.2) is 4.98 Å². The molecular weight excluding hydrogens is 322 g/mol. The Morgan fingerprint density at radius 3 is 2.96 bits per heavy atom. The van der Waals surface area contributed by atoms with Crippen LogP contribution in [0.1, 0.15) is 18.9 Å². The number of nitrogens with zero attached hydrogens (tertiary/aromatic N) is 3. The van der Waals surface area contributed by atoms with Gasteiger partial charge in [-0.15, -0.1) is 0 Å². The molecule has 1 aromatic heterocycles. The first-order valence-corrected chi connectivity index (χ1v) is 9.57. The van der Waals surface area contributed by atoms with Crippen molar-refractivity contribution in [2.75, 3.05) is 44.3 Å². The van der Waals surface area contributed by atoms with Gasteiger partial charge in [-0.3, -0.25) is 4.79 Å². The second-order valence-corrected chi connectivity index (χ2v) is 7.53. The molecule has 6 heteroatoms. The fourth-order valence-electron chi connectivity index (χ4n) is 3.49. The molecule has 2 aliphatic rings. The summed E-state index contributed by atoms with van der Waals surface area (Å²) in [5.41, 5.74) is 2.41. The molecule has 0 bridgehead atoms. The second-order valence-electron chi connectivity index (χ2n) is 6.52. The number of aromatic nitrogens is 1. The molecule has 1 amide bonds. The van der Waals surface area contributed by atoms with Crippen molar-refractivity contribution in [2.45, 2.75) is 19.8 Å². The van der Waals surface area contributed by atoms with E-state index in [4.69, 9.17) is 9.72 Å². The van der Waals surface area contributed by atoms with Crippen LogP contribution in [0.5, 0.6) is 0 Å². The van der Waals surface area contributed by atoms with Crippen LogP contribution in [0.25, 0.3) is 10.2 Å². The molecule has 0 N–H and O–H groups in total. The molecule has 4 rings (SSSR count). The number of hydrogen-bond acceptors (Lipinski definition) is 5. The smallest absolute Gasteiger partial charge is 0.227 e. The van der Waals surface area contributed by atoms with Crippen LogP contribution in [0.15, 0.2) is 18.2 Å². The van der Waals surface area contributed by atoms with E-state index >= 15 is 0 Å². The highest BCUT2D eigenvalue weighted by Crippen LogP contribution is 2.33. The Kier molecular flexibility index (Phi) is 4.41. The SMILES string of the molecule is CCc1ccc2nc(N3CCC(C(=O)N4CCOCC4)C3)sc2c1. The van der Waals surface area contributed by atoms with Crippen molar-refractivity contribution in [3.05, 3.63) is 23.8 Å². The van der Waals surface area contributed by atoms with Crippen molar-refractivity contribution in [1.82, 2.24) is 9.88 Å². The summed E-state index contributed by atoms with van der Waals surface area (Å²) >= 11 is 1.74. The summed E-state index contributed by atoms with van der Waals surface area (Å²) in [6, 6.07) is 6.50. The van der Waals surface area contributed by atoms with Crippen LogP contribution in [0.2, 0.25) is 0 Å². The second kappa shape index (κ2) is 6.69. The minimum Gasteiger partial charge on any atom is -0.378 e. The van der Waals surface area contributed by atoms with Gasteiger partial charge in [-0.05, 0) is 30.5 Å². The Labute approximate surface area is 146 Å². The van der Waals surface area contributed by atoms with Crippen LogP contribution >= 0.6 is 11.3 Å². The number of morpholine rings is 1. The van der Waals surface area contributed by atoms with Gasteiger partial charge in [0.15, 0.2) is 5.13 Å². The van der Waals surface area contributed by atoms with E-state index in [1.807, 2.05) is 4.90 Å². The quantitative estimate of drug-likeness (QED) is 0.858. The fourth-order valence-corrected chi connectivity index (χ4v) is 4.55. The van der Waals surface area contributed by atoms with Gasteiger partial charge in [0.25, 0.3) is 0 Å². The summed E-state index contributed by atoms with van der Waals surface area (Å²) < 4.78 is 6.59. The van der Waals surface area contributed by atoms with Crippen molar-refractivity contribution >= 4 is 32.6 Å². The van der Waals surface area contributed by atoms with Gasteiger partial charge in [0.05, 0.1) is 29.3 Å². The topological polar surface area (TPSA) is 45.7 Å². The first-order valence-electron chi connectivity index (χ1n) is 8.75. The number of anilines is 1. The lowest BCUT2D eigenvalue weighted by atomic mass is 10.1. The Morgan fingerprint density at radius 2 is 2.17 bits per heavy atom. The lowest BCUT2D eigenvalue weighted by Crippen LogP contribution is -2.44. The van der Waals surface area contributed by atoms with Gasteiger partial charge in [0.2, 0.25) is 5.91 Å². The lowest BCUT2D eigenvalue weighted by Gasteiger charge is -2.29. The molecule has 128 valence electrons. The van der Waals surface area contributed by atoms with Crippen molar-refractivity contribution in [2.24, 2.45) is 5.92 Å². The van der Waals surface area contributed by atoms with E-state index in [2.05, 4.69) is 30.0 Å². The summed E-state index contributed by atoms with van der Waals surface area (Å²) in [6.45, 7) is 6.68. The highest BCUT2D eigenvalue weighted by molar-refractivity contribution is 7.22. The number of ether oxygens (including phenoxy) is 1. The van der Waals surface area contributed by atoms with Crippen molar-refractivity contribution in [3.8, 4) is 0 Å². The van der Waals surface area contributed by atoms with E-state index in [1.54, 1.807) is 11.3 Å². The molecule has 1 atom stereocenters. The van der Waals surface area contributed by atoms with E-state index in [0.29, 0.717) is 13.2 Å². The number of fused-ring (bicyclic) bond motifs is 1. The zero-order valence-electron chi connectivity index (χ0n) is 14.0. The van der Waals surface area contributed by atoms with Gasteiger partial charge in [0.1, 0.15) is 0 Å². The van der Waals surface area contributed by atoms with Crippen LogP contribution in [0, 0.1) is 5.92 Å². The zero-order valence-corrected chi connectivity index (χ0v) is 14.8. The predicted octanol–water partition coefficient (Wildman–Crippen LogP) is 2.54. The largest absolute Gasteiger partial charge is 0.378 e. The molecular formula is C18H23N3O2S. The third-order valence-corrected chi connectivity index (χ3v) is 6.06. The summed E-state index contributed by atoms with van der Waals surface area (Å²) in [7, 11) is 0. The van der Waals surface area contributed by atoms with Gasteiger partial charge >= 0.3 is 0 Å². The number of amides is 1. The van der Waals surface area contributed by atoms with Crippen LogP contribution in [-0.2, 0) is 16.0 Å². The molecule has 0 saturated carbocycles. The average Bonchev–Trinajstić information content (AvgIpc) is 3.27. The van der Waals surface area contributed by atoms with E-state index in [0.717, 1.165) is 49.7 Å². The third kappa shape index (κ3) is 3.00. The maximum atomic E-state index is 12.7. The standard InChI is InChI=1S/C18H23N3O2S/c1-2-13-3-4-15-16(11-13)24-18(19-15)21-6-5-14(12-21)17(22)20-7-9-23-10-8-20/h3-4,11,14H,2,5-10,12H2,1H3. The molecule has 0 spiro atoms. The fraction of sp³-hybridized carbons (Fsp3) is 0.556. The first kappa shape index (κ1) is 15.8. The summed E-state index contributed by atoms with van der Waals surface area (Å²) in [5.74, 6) is 0.386. The molecule has 3 heterocycles. The number of benzene rings is 1. The molecule has 2 saturated heterocycles. The van der Waals surface area contributed by atoms with E-state index in [-0.39, 0.29) is 11.8 Å².